The smallest absolute Gasteiger partial charge is 0.159 e. The molecular weight excluding hydrogens is 356 g/mol. The van der Waals surface area contributed by atoms with Crippen molar-refractivity contribution in [2.45, 2.75) is 58.5 Å². The lowest BCUT2D eigenvalue weighted by atomic mass is 9.85. The summed E-state index contributed by atoms with van der Waals surface area (Å²) in [6.45, 7) is 7.21. The van der Waals surface area contributed by atoms with Crippen LogP contribution in [0.2, 0.25) is 0 Å². The van der Waals surface area contributed by atoms with Crippen molar-refractivity contribution < 1.29 is 13.5 Å². The van der Waals surface area contributed by atoms with E-state index in [1.807, 2.05) is 0 Å². The van der Waals surface area contributed by atoms with E-state index in [-0.39, 0.29) is 5.60 Å². The largest absolute Gasteiger partial charge is 0.368 e. The first-order chi connectivity index (χ1) is 13.5. The van der Waals surface area contributed by atoms with E-state index in [2.05, 4.69) is 37.9 Å². The highest BCUT2D eigenvalue weighted by molar-refractivity contribution is 5.92. The first kappa shape index (κ1) is 19.1. The SMILES string of the molecule is CCCC1(CC)OCCc2c1[nH]c1c(CC)cc(-c3ccc(F)c(F)c3)cc21. The molecule has 4 heteroatoms. The molecule has 1 N–H and O–H groups in total. The number of hydrogen-bond donors (Lipinski definition) is 1. The fourth-order valence-corrected chi connectivity index (χ4v) is 4.67. The Balaban J connectivity index is 1.95. The molecule has 1 aliphatic heterocycles. The van der Waals surface area contributed by atoms with Gasteiger partial charge in [0.25, 0.3) is 0 Å². The Bertz CT molecular complexity index is 1020. The van der Waals surface area contributed by atoms with Gasteiger partial charge >= 0.3 is 0 Å². The molecule has 2 heterocycles. The van der Waals surface area contributed by atoms with Gasteiger partial charge in [0, 0.05) is 10.9 Å². The summed E-state index contributed by atoms with van der Waals surface area (Å²) in [4.78, 5) is 3.70. The lowest BCUT2D eigenvalue weighted by Crippen LogP contribution is -2.35. The highest BCUT2D eigenvalue weighted by atomic mass is 19.2. The van der Waals surface area contributed by atoms with Crippen LogP contribution in [0.15, 0.2) is 30.3 Å². The Labute approximate surface area is 164 Å². The quantitative estimate of drug-likeness (QED) is 0.524. The summed E-state index contributed by atoms with van der Waals surface area (Å²) in [6, 6.07) is 8.34. The zero-order valence-corrected chi connectivity index (χ0v) is 16.8. The molecule has 1 aliphatic rings. The zero-order chi connectivity index (χ0) is 19.9. The van der Waals surface area contributed by atoms with Crippen molar-refractivity contribution in [1.82, 2.24) is 4.98 Å². The Morgan fingerprint density at radius 3 is 2.54 bits per heavy atom. The summed E-state index contributed by atoms with van der Waals surface area (Å²) in [6.07, 6.45) is 4.70. The van der Waals surface area contributed by atoms with Gasteiger partial charge in [0.2, 0.25) is 0 Å². The molecule has 28 heavy (non-hydrogen) atoms. The maximum Gasteiger partial charge on any atom is 0.159 e. The van der Waals surface area contributed by atoms with Gasteiger partial charge in [0.15, 0.2) is 11.6 Å². The van der Waals surface area contributed by atoms with Crippen LogP contribution in [-0.2, 0) is 23.2 Å². The van der Waals surface area contributed by atoms with Gasteiger partial charge in [-0.25, -0.2) is 8.78 Å². The maximum atomic E-state index is 13.8. The second-order valence-electron chi connectivity index (χ2n) is 7.72. The number of H-pyrrole nitrogens is 1. The molecule has 2 nitrogen and oxygen atoms in total. The van der Waals surface area contributed by atoms with E-state index in [1.54, 1.807) is 6.07 Å². The van der Waals surface area contributed by atoms with Crippen LogP contribution in [0.5, 0.6) is 0 Å². The van der Waals surface area contributed by atoms with Gasteiger partial charge < -0.3 is 9.72 Å². The van der Waals surface area contributed by atoms with Gasteiger partial charge in [-0.1, -0.05) is 33.3 Å². The molecule has 0 bridgehead atoms. The molecule has 0 radical (unpaired) electrons. The van der Waals surface area contributed by atoms with Crippen LogP contribution < -0.4 is 0 Å². The van der Waals surface area contributed by atoms with E-state index < -0.39 is 11.6 Å². The van der Waals surface area contributed by atoms with Gasteiger partial charge in [-0.05, 0) is 72.2 Å². The van der Waals surface area contributed by atoms with Crippen molar-refractivity contribution in [1.29, 1.82) is 0 Å². The number of nitrogens with one attached hydrogen (secondary N) is 1. The van der Waals surface area contributed by atoms with Crippen LogP contribution in [-0.4, -0.2) is 11.6 Å². The number of aryl methyl sites for hydroxylation is 1. The first-order valence-electron chi connectivity index (χ1n) is 10.3. The molecule has 2 aromatic carbocycles. The number of benzene rings is 2. The molecule has 3 aromatic rings. The van der Waals surface area contributed by atoms with Crippen molar-refractivity contribution in [3.63, 3.8) is 0 Å². The van der Waals surface area contributed by atoms with E-state index >= 15 is 0 Å². The van der Waals surface area contributed by atoms with E-state index in [9.17, 15) is 8.78 Å². The van der Waals surface area contributed by atoms with Gasteiger partial charge in [0.05, 0.1) is 12.3 Å². The summed E-state index contributed by atoms with van der Waals surface area (Å²) in [5.74, 6) is -1.63. The Hall–Kier alpha value is -2.20. The predicted octanol–water partition coefficient (Wildman–Crippen LogP) is 6.65. The standard InChI is InChI=1S/C24H27F2NO/c1-4-10-24(6-3)23-18(9-11-28-24)19-13-17(12-15(5-2)22(19)27-23)16-7-8-20(25)21(26)14-16/h7-8,12-14,27H,4-6,9-11H2,1-3H3. The van der Waals surface area contributed by atoms with Gasteiger partial charge in [-0.15, -0.1) is 0 Å². The average molecular weight is 383 g/mol. The van der Waals surface area contributed by atoms with Crippen LogP contribution >= 0.6 is 0 Å². The summed E-state index contributed by atoms with van der Waals surface area (Å²) in [5.41, 5.74) is 6.23. The van der Waals surface area contributed by atoms with Crippen LogP contribution in [0.25, 0.3) is 22.0 Å². The minimum atomic E-state index is -0.816. The third-order valence-corrected chi connectivity index (χ3v) is 6.14. The third-order valence-electron chi connectivity index (χ3n) is 6.14. The molecular formula is C24H27F2NO. The van der Waals surface area contributed by atoms with E-state index in [0.717, 1.165) is 43.2 Å². The molecule has 0 saturated heterocycles. The van der Waals surface area contributed by atoms with Crippen LogP contribution in [0.4, 0.5) is 8.78 Å². The number of halogens is 2. The van der Waals surface area contributed by atoms with Gasteiger partial charge in [-0.3, -0.25) is 0 Å². The lowest BCUT2D eigenvalue weighted by molar-refractivity contribution is -0.0723. The van der Waals surface area contributed by atoms with Gasteiger partial charge in [-0.2, -0.15) is 0 Å². The summed E-state index contributed by atoms with van der Waals surface area (Å²) >= 11 is 0. The topological polar surface area (TPSA) is 25.0 Å². The fraction of sp³-hybridized carbons (Fsp3) is 0.417. The number of hydrogen-bond acceptors (Lipinski definition) is 1. The molecule has 4 rings (SSSR count). The highest BCUT2D eigenvalue weighted by Crippen LogP contribution is 2.43. The maximum absolute atomic E-state index is 13.8. The van der Waals surface area contributed by atoms with Crippen LogP contribution in [0, 0.1) is 11.6 Å². The minimum absolute atomic E-state index is 0.255. The Morgan fingerprint density at radius 1 is 1.04 bits per heavy atom. The monoisotopic (exact) mass is 383 g/mol. The second-order valence-corrected chi connectivity index (χ2v) is 7.72. The second kappa shape index (κ2) is 7.32. The number of rotatable bonds is 5. The predicted molar refractivity (Wildman–Crippen MR) is 110 cm³/mol. The molecule has 0 saturated carbocycles. The van der Waals surface area contributed by atoms with E-state index in [1.165, 1.54) is 34.3 Å². The summed E-state index contributed by atoms with van der Waals surface area (Å²) in [5, 5.41) is 1.19. The Morgan fingerprint density at radius 2 is 1.86 bits per heavy atom. The lowest BCUT2D eigenvalue weighted by Gasteiger charge is -2.36. The molecule has 0 fully saturated rings. The normalized spacial score (nSPS) is 19.2. The minimum Gasteiger partial charge on any atom is -0.368 e. The van der Waals surface area contributed by atoms with E-state index in [0.29, 0.717) is 12.2 Å². The van der Waals surface area contributed by atoms with Crippen molar-refractivity contribution >= 4 is 10.9 Å². The average Bonchev–Trinajstić information content (AvgIpc) is 3.09. The van der Waals surface area contributed by atoms with Gasteiger partial charge in [0.1, 0.15) is 5.60 Å². The Kier molecular flexibility index (Phi) is 5.00. The summed E-state index contributed by atoms with van der Waals surface area (Å²) < 4.78 is 33.5. The van der Waals surface area contributed by atoms with Crippen LogP contribution in [0.3, 0.4) is 0 Å². The molecule has 0 aliphatic carbocycles. The molecule has 0 amide bonds. The summed E-state index contributed by atoms with van der Waals surface area (Å²) in [7, 11) is 0. The number of aromatic nitrogens is 1. The van der Waals surface area contributed by atoms with Crippen molar-refractivity contribution in [2.75, 3.05) is 6.61 Å². The molecule has 0 spiro atoms. The zero-order valence-electron chi connectivity index (χ0n) is 16.8. The number of fused-ring (bicyclic) bond motifs is 3. The molecule has 148 valence electrons. The molecule has 1 unspecified atom stereocenters. The molecule has 1 atom stereocenters. The fourth-order valence-electron chi connectivity index (χ4n) is 4.67. The molecule has 1 aromatic heterocycles. The highest BCUT2D eigenvalue weighted by Gasteiger charge is 2.38. The van der Waals surface area contributed by atoms with Crippen molar-refractivity contribution in [3.05, 3.63) is 58.8 Å². The van der Waals surface area contributed by atoms with Crippen molar-refractivity contribution in [2.24, 2.45) is 0 Å². The third kappa shape index (κ3) is 2.95. The number of aromatic amines is 1. The van der Waals surface area contributed by atoms with E-state index in [4.69, 9.17) is 4.74 Å². The van der Waals surface area contributed by atoms with Crippen molar-refractivity contribution in [3.8, 4) is 11.1 Å². The number of ether oxygens (including phenoxy) is 1. The van der Waals surface area contributed by atoms with Crippen LogP contribution in [0.1, 0.15) is 56.9 Å². The first-order valence-corrected chi connectivity index (χ1v) is 10.3.